The maximum atomic E-state index is 12.1. The first-order chi connectivity index (χ1) is 7.21. The van der Waals surface area contributed by atoms with Crippen LogP contribution in [0.4, 0.5) is 0 Å². The molecule has 1 heterocycles. The van der Waals surface area contributed by atoms with Gasteiger partial charge in [0.2, 0.25) is 0 Å². The summed E-state index contributed by atoms with van der Waals surface area (Å²) in [7, 11) is 1.26. The Hall–Kier alpha value is -0.940. The van der Waals surface area contributed by atoms with E-state index in [0.29, 0.717) is 6.29 Å². The van der Waals surface area contributed by atoms with E-state index >= 15 is 0 Å². The third-order valence-electron chi connectivity index (χ3n) is 3.58. The zero-order valence-electron chi connectivity index (χ0n) is 10.3. The van der Waals surface area contributed by atoms with Crippen LogP contribution in [0.25, 0.3) is 0 Å². The van der Waals surface area contributed by atoms with E-state index in [1.165, 1.54) is 7.11 Å². The molecule has 2 atom stereocenters. The van der Waals surface area contributed by atoms with E-state index in [0.717, 1.165) is 5.06 Å². The highest BCUT2D eigenvalue weighted by Gasteiger charge is 2.57. The van der Waals surface area contributed by atoms with Crippen molar-refractivity contribution >= 4 is 12.3 Å². The summed E-state index contributed by atoms with van der Waals surface area (Å²) in [5.41, 5.74) is -1.81. The molecule has 0 aromatic heterocycles. The smallest absolute Gasteiger partial charge is 0.311 e. The van der Waals surface area contributed by atoms with Crippen LogP contribution in [0.1, 0.15) is 27.7 Å². The fraction of sp³-hybridized carbons (Fsp3) is 0.818. The van der Waals surface area contributed by atoms with Crippen LogP contribution in [-0.2, 0) is 14.3 Å². The van der Waals surface area contributed by atoms with Crippen molar-refractivity contribution in [3.63, 3.8) is 0 Å². The molecule has 2 unspecified atom stereocenters. The second kappa shape index (κ2) is 3.82. The molecule has 92 valence electrons. The fourth-order valence-electron chi connectivity index (χ4n) is 2.66. The third kappa shape index (κ3) is 1.55. The molecule has 0 N–H and O–H groups in total. The van der Waals surface area contributed by atoms with Crippen molar-refractivity contribution in [2.24, 2.45) is 11.8 Å². The molecule has 0 aliphatic carbocycles. The number of ether oxygens (including phenoxy) is 1. The quantitative estimate of drug-likeness (QED) is 0.520. The van der Waals surface area contributed by atoms with Crippen molar-refractivity contribution in [1.82, 2.24) is 5.06 Å². The lowest BCUT2D eigenvalue weighted by Crippen LogP contribution is -2.47. The van der Waals surface area contributed by atoms with E-state index in [9.17, 15) is 14.8 Å². The Bertz CT molecular complexity index is 311. The van der Waals surface area contributed by atoms with Crippen LogP contribution in [0.5, 0.6) is 0 Å². The van der Waals surface area contributed by atoms with Crippen LogP contribution in [0, 0.1) is 17.0 Å². The van der Waals surface area contributed by atoms with Crippen molar-refractivity contribution in [1.29, 1.82) is 0 Å². The molecule has 0 saturated carbocycles. The van der Waals surface area contributed by atoms with E-state index in [-0.39, 0.29) is 0 Å². The summed E-state index contributed by atoms with van der Waals surface area (Å²) in [6.07, 6.45) is 0.682. The molecule has 5 heteroatoms. The van der Waals surface area contributed by atoms with Gasteiger partial charge in [0.1, 0.15) is 6.29 Å². The zero-order valence-corrected chi connectivity index (χ0v) is 10.3. The fourth-order valence-corrected chi connectivity index (χ4v) is 2.66. The molecule has 1 aliphatic rings. The molecule has 1 aliphatic heterocycles. The van der Waals surface area contributed by atoms with Gasteiger partial charge in [0.25, 0.3) is 0 Å². The monoisotopic (exact) mass is 228 g/mol. The molecule has 0 aromatic rings. The van der Waals surface area contributed by atoms with Crippen molar-refractivity contribution in [2.75, 3.05) is 7.11 Å². The average Bonchev–Trinajstić information content (AvgIpc) is 2.34. The predicted molar refractivity (Wildman–Crippen MR) is 58.4 cm³/mol. The second-order valence-electron chi connectivity index (χ2n) is 5.26. The summed E-state index contributed by atoms with van der Waals surface area (Å²) in [6, 6.07) is 0. The molecule has 5 nitrogen and oxygen atoms in total. The third-order valence-corrected chi connectivity index (χ3v) is 3.58. The minimum Gasteiger partial charge on any atom is -0.784 e. The first kappa shape index (κ1) is 13.1. The van der Waals surface area contributed by atoms with Gasteiger partial charge in [-0.3, -0.25) is 4.79 Å². The molecule has 1 fully saturated rings. The summed E-state index contributed by atoms with van der Waals surface area (Å²) in [4.78, 5) is 22.8. The van der Waals surface area contributed by atoms with Gasteiger partial charge in [0.05, 0.1) is 13.0 Å². The number of aldehydes is 1. The molecule has 0 bridgehead atoms. The Morgan fingerprint density at radius 3 is 2.19 bits per heavy atom. The van der Waals surface area contributed by atoms with Crippen LogP contribution in [0.2, 0.25) is 0 Å². The van der Waals surface area contributed by atoms with Gasteiger partial charge in [-0.2, -0.15) is 0 Å². The van der Waals surface area contributed by atoms with Crippen molar-refractivity contribution in [3.05, 3.63) is 5.21 Å². The number of hydrogen-bond donors (Lipinski definition) is 0. The number of esters is 1. The molecule has 16 heavy (non-hydrogen) atoms. The standard InChI is InChI=1S/C11H18NO4/c1-10(2)7(6-13)8(9(14)16-5)11(3,4)12(10)15/h6-8H,1-5H3/q-1. The molecule has 0 spiro atoms. The largest absolute Gasteiger partial charge is 0.784 e. The summed E-state index contributed by atoms with van der Waals surface area (Å²) in [5.74, 6) is -1.87. The lowest BCUT2D eigenvalue weighted by Gasteiger charge is -2.47. The van der Waals surface area contributed by atoms with Gasteiger partial charge in [-0.25, -0.2) is 0 Å². The number of methoxy groups -OCH3 is 1. The minimum absolute atomic E-state index is 0.506. The maximum Gasteiger partial charge on any atom is 0.311 e. The highest BCUT2D eigenvalue weighted by atomic mass is 16.5. The van der Waals surface area contributed by atoms with E-state index < -0.39 is 28.9 Å². The Kier molecular flexibility index (Phi) is 3.13. The highest BCUT2D eigenvalue weighted by molar-refractivity contribution is 5.80. The number of nitrogens with zero attached hydrogens (tertiary/aromatic N) is 1. The van der Waals surface area contributed by atoms with Crippen LogP contribution in [0.3, 0.4) is 0 Å². The van der Waals surface area contributed by atoms with E-state index in [1.807, 2.05) is 0 Å². The van der Waals surface area contributed by atoms with Crippen LogP contribution >= 0.6 is 0 Å². The Balaban J connectivity index is 3.24. The predicted octanol–water partition coefficient (Wildman–Crippen LogP) is 0.961. The molecule has 0 amide bonds. The molecule has 1 rings (SSSR count). The second-order valence-corrected chi connectivity index (χ2v) is 5.26. The molecule has 1 saturated heterocycles. The molecular weight excluding hydrogens is 210 g/mol. The van der Waals surface area contributed by atoms with Crippen LogP contribution in [-0.4, -0.2) is 35.5 Å². The van der Waals surface area contributed by atoms with E-state index in [4.69, 9.17) is 0 Å². The Morgan fingerprint density at radius 2 is 1.81 bits per heavy atom. The van der Waals surface area contributed by atoms with Gasteiger partial charge in [0.15, 0.2) is 0 Å². The van der Waals surface area contributed by atoms with Gasteiger partial charge >= 0.3 is 5.97 Å². The number of hydrogen-bond acceptors (Lipinski definition) is 5. The first-order valence-electron chi connectivity index (χ1n) is 5.21. The van der Waals surface area contributed by atoms with Crippen molar-refractivity contribution in [3.8, 4) is 0 Å². The molecule has 0 aromatic carbocycles. The van der Waals surface area contributed by atoms with Crippen LogP contribution < -0.4 is 0 Å². The van der Waals surface area contributed by atoms with E-state index in [1.54, 1.807) is 27.7 Å². The number of hydroxylamine groups is 2. The topological polar surface area (TPSA) is 69.7 Å². The highest BCUT2D eigenvalue weighted by Crippen LogP contribution is 2.48. The van der Waals surface area contributed by atoms with Gasteiger partial charge in [0, 0.05) is 17.0 Å². The van der Waals surface area contributed by atoms with Crippen LogP contribution in [0.15, 0.2) is 0 Å². The Labute approximate surface area is 95.3 Å². The summed E-state index contributed by atoms with van der Waals surface area (Å²) in [5, 5.41) is 12.9. The summed E-state index contributed by atoms with van der Waals surface area (Å²) < 4.78 is 4.68. The molecular formula is C11H18NO4-. The van der Waals surface area contributed by atoms with Crippen molar-refractivity contribution in [2.45, 2.75) is 38.8 Å². The van der Waals surface area contributed by atoms with Gasteiger partial charge in [-0.1, -0.05) is 0 Å². The number of carbonyl (C=O) groups excluding carboxylic acids is 2. The summed E-state index contributed by atoms with van der Waals surface area (Å²) >= 11 is 0. The molecule has 0 radical (unpaired) electrons. The van der Waals surface area contributed by atoms with E-state index in [2.05, 4.69) is 4.74 Å². The normalized spacial score (nSPS) is 32.4. The zero-order chi connectivity index (χ0) is 12.7. The van der Waals surface area contributed by atoms with Gasteiger partial charge in [-0.05, 0) is 27.7 Å². The number of rotatable bonds is 2. The van der Waals surface area contributed by atoms with Gasteiger partial charge < -0.3 is 19.8 Å². The average molecular weight is 228 g/mol. The minimum atomic E-state index is -0.928. The SMILES string of the molecule is COC(=O)C1C(C=O)C(C)(C)N([O-])C1(C)C. The summed E-state index contributed by atoms with van der Waals surface area (Å²) in [6.45, 7) is 6.66. The lowest BCUT2D eigenvalue weighted by molar-refractivity contribution is -0.150. The van der Waals surface area contributed by atoms with Crippen molar-refractivity contribution < 1.29 is 14.3 Å². The maximum absolute atomic E-state index is 12.1. The number of carbonyl (C=O) groups is 2. The first-order valence-corrected chi connectivity index (χ1v) is 5.21. The Morgan fingerprint density at radius 1 is 1.31 bits per heavy atom. The van der Waals surface area contributed by atoms with Gasteiger partial charge in [-0.15, -0.1) is 0 Å². The lowest BCUT2D eigenvalue weighted by atomic mass is 9.78.